The number of esters is 1. The summed E-state index contributed by atoms with van der Waals surface area (Å²) in [4.78, 5) is 22.4. The number of carbonyl (C=O) groups is 2. The highest BCUT2D eigenvalue weighted by molar-refractivity contribution is 6.16. The van der Waals surface area contributed by atoms with Crippen LogP contribution in [-0.4, -0.2) is 22.5 Å². The largest absolute Gasteiger partial charge is 0.512 e. The second-order valence-corrected chi connectivity index (χ2v) is 4.02. The van der Waals surface area contributed by atoms with Crippen molar-refractivity contribution < 1.29 is 19.4 Å². The fourth-order valence-electron chi connectivity index (χ4n) is 0.875. The number of hydrogen-bond acceptors (Lipinski definition) is 4. The van der Waals surface area contributed by atoms with E-state index in [1.807, 2.05) is 0 Å². The molecule has 0 fully saturated rings. The Labute approximate surface area is 83.6 Å². The Kier molecular flexibility index (Phi) is 3.86. The first-order chi connectivity index (χ1) is 6.15. The Hall–Kier alpha value is -1.32. The number of ketones is 1. The SMILES string of the molecule is CC(=O)/C(C(=O)OC(C)(C)C)=C(/C)O. The number of aliphatic hydroxyl groups is 1. The van der Waals surface area contributed by atoms with Crippen LogP contribution in [0.25, 0.3) is 0 Å². The molecule has 0 aromatic carbocycles. The van der Waals surface area contributed by atoms with Crippen molar-refractivity contribution in [1.29, 1.82) is 0 Å². The van der Waals surface area contributed by atoms with E-state index in [0.717, 1.165) is 0 Å². The third-order valence-electron chi connectivity index (χ3n) is 1.32. The summed E-state index contributed by atoms with van der Waals surface area (Å²) in [6, 6.07) is 0. The van der Waals surface area contributed by atoms with E-state index in [1.165, 1.54) is 13.8 Å². The van der Waals surface area contributed by atoms with E-state index in [1.54, 1.807) is 20.8 Å². The van der Waals surface area contributed by atoms with Crippen LogP contribution < -0.4 is 0 Å². The Morgan fingerprint density at radius 1 is 1.14 bits per heavy atom. The van der Waals surface area contributed by atoms with Gasteiger partial charge in [0, 0.05) is 0 Å². The maximum Gasteiger partial charge on any atom is 0.345 e. The molecule has 1 N–H and O–H groups in total. The molecule has 4 nitrogen and oxygen atoms in total. The number of aliphatic hydroxyl groups excluding tert-OH is 1. The highest BCUT2D eigenvalue weighted by atomic mass is 16.6. The van der Waals surface area contributed by atoms with Crippen molar-refractivity contribution in [2.24, 2.45) is 0 Å². The minimum absolute atomic E-state index is 0.292. The quantitative estimate of drug-likeness (QED) is 0.242. The second kappa shape index (κ2) is 4.26. The maximum absolute atomic E-state index is 11.4. The van der Waals surface area contributed by atoms with Gasteiger partial charge in [-0.1, -0.05) is 0 Å². The molecule has 0 aliphatic carbocycles. The first-order valence-electron chi connectivity index (χ1n) is 4.29. The maximum atomic E-state index is 11.4. The Bertz CT molecular complexity index is 277. The van der Waals surface area contributed by atoms with Crippen LogP contribution in [0.15, 0.2) is 11.3 Å². The third-order valence-corrected chi connectivity index (χ3v) is 1.32. The lowest BCUT2D eigenvalue weighted by molar-refractivity contribution is -0.150. The number of carbonyl (C=O) groups excluding carboxylic acids is 2. The summed E-state index contributed by atoms with van der Waals surface area (Å²) in [6.07, 6.45) is 0. The van der Waals surface area contributed by atoms with Crippen molar-refractivity contribution in [3.05, 3.63) is 11.3 Å². The van der Waals surface area contributed by atoms with Gasteiger partial charge < -0.3 is 9.84 Å². The van der Waals surface area contributed by atoms with Gasteiger partial charge >= 0.3 is 5.97 Å². The van der Waals surface area contributed by atoms with E-state index in [0.29, 0.717) is 0 Å². The monoisotopic (exact) mass is 200 g/mol. The number of ether oxygens (including phenoxy) is 1. The molecule has 4 heteroatoms. The molecule has 0 rings (SSSR count). The fourth-order valence-corrected chi connectivity index (χ4v) is 0.875. The first kappa shape index (κ1) is 12.7. The van der Waals surface area contributed by atoms with Gasteiger partial charge in [-0.3, -0.25) is 4.79 Å². The highest BCUT2D eigenvalue weighted by Gasteiger charge is 2.24. The lowest BCUT2D eigenvalue weighted by Gasteiger charge is -2.19. The van der Waals surface area contributed by atoms with Gasteiger partial charge in [0.25, 0.3) is 0 Å². The molecule has 0 amide bonds. The molecule has 0 atom stereocenters. The average Bonchev–Trinajstić information content (AvgIpc) is 1.78. The number of rotatable bonds is 2. The second-order valence-electron chi connectivity index (χ2n) is 4.02. The van der Waals surface area contributed by atoms with Crippen LogP contribution in [0.3, 0.4) is 0 Å². The normalized spacial score (nSPS) is 13.2. The summed E-state index contributed by atoms with van der Waals surface area (Å²) in [5, 5.41) is 9.11. The van der Waals surface area contributed by atoms with E-state index in [-0.39, 0.29) is 11.3 Å². The highest BCUT2D eigenvalue weighted by Crippen LogP contribution is 2.13. The molecule has 0 spiro atoms. The molecule has 0 aromatic rings. The van der Waals surface area contributed by atoms with E-state index >= 15 is 0 Å². The number of Topliss-reactive ketones (excluding diaryl/α,β-unsaturated/α-hetero) is 1. The smallest absolute Gasteiger partial charge is 0.345 e. The molecule has 0 aliphatic rings. The van der Waals surface area contributed by atoms with Gasteiger partial charge in [-0.2, -0.15) is 0 Å². The van der Waals surface area contributed by atoms with Gasteiger partial charge in [0.2, 0.25) is 0 Å². The first-order valence-corrected chi connectivity index (χ1v) is 4.29. The zero-order chi connectivity index (χ0) is 11.5. The molecule has 0 aromatic heterocycles. The lowest BCUT2D eigenvalue weighted by atomic mass is 10.1. The van der Waals surface area contributed by atoms with Crippen molar-refractivity contribution in [2.45, 2.75) is 40.2 Å². The van der Waals surface area contributed by atoms with Gasteiger partial charge in [0.1, 0.15) is 16.9 Å². The Morgan fingerprint density at radius 2 is 1.57 bits per heavy atom. The lowest BCUT2D eigenvalue weighted by Crippen LogP contribution is -2.27. The molecule has 0 saturated carbocycles. The van der Waals surface area contributed by atoms with Gasteiger partial charge in [-0.15, -0.1) is 0 Å². The van der Waals surface area contributed by atoms with Gasteiger partial charge in [-0.05, 0) is 34.6 Å². The van der Waals surface area contributed by atoms with Crippen molar-refractivity contribution in [3.8, 4) is 0 Å². The van der Waals surface area contributed by atoms with Gasteiger partial charge in [-0.25, -0.2) is 4.79 Å². The van der Waals surface area contributed by atoms with Crippen LogP contribution in [0, 0.1) is 0 Å². The molecular formula is C10H16O4. The summed E-state index contributed by atoms with van der Waals surface area (Å²) in [5.74, 6) is -1.60. The molecule has 0 unspecified atom stereocenters. The fraction of sp³-hybridized carbons (Fsp3) is 0.600. The predicted molar refractivity (Wildman–Crippen MR) is 51.9 cm³/mol. The van der Waals surface area contributed by atoms with E-state index in [4.69, 9.17) is 9.84 Å². The van der Waals surface area contributed by atoms with Crippen LogP contribution in [0.2, 0.25) is 0 Å². The predicted octanol–water partition coefficient (Wildman–Crippen LogP) is 1.75. The van der Waals surface area contributed by atoms with Crippen molar-refractivity contribution in [2.75, 3.05) is 0 Å². The topological polar surface area (TPSA) is 63.6 Å². The minimum atomic E-state index is -0.787. The number of hydrogen-bond donors (Lipinski definition) is 1. The van der Waals surface area contributed by atoms with Crippen LogP contribution >= 0.6 is 0 Å². The van der Waals surface area contributed by atoms with Crippen molar-refractivity contribution in [1.82, 2.24) is 0 Å². The van der Waals surface area contributed by atoms with Crippen LogP contribution in [0.5, 0.6) is 0 Å². The van der Waals surface area contributed by atoms with Crippen LogP contribution in [0.1, 0.15) is 34.6 Å². The molecule has 0 radical (unpaired) electrons. The molecular weight excluding hydrogens is 184 g/mol. The third kappa shape index (κ3) is 4.07. The van der Waals surface area contributed by atoms with Crippen LogP contribution in [0.4, 0.5) is 0 Å². The average molecular weight is 200 g/mol. The summed E-state index contributed by atoms with van der Waals surface area (Å²) in [7, 11) is 0. The minimum Gasteiger partial charge on any atom is -0.512 e. The van der Waals surface area contributed by atoms with E-state index in [2.05, 4.69) is 0 Å². The van der Waals surface area contributed by atoms with Gasteiger partial charge in [0.05, 0.1) is 0 Å². The van der Waals surface area contributed by atoms with Crippen molar-refractivity contribution >= 4 is 11.8 Å². The zero-order valence-corrected chi connectivity index (χ0v) is 9.17. The summed E-state index contributed by atoms with van der Waals surface area (Å²) >= 11 is 0. The Morgan fingerprint density at radius 3 is 1.79 bits per heavy atom. The number of allylic oxidation sites excluding steroid dienone is 1. The molecule has 0 saturated heterocycles. The standard InChI is InChI=1S/C10H16O4/c1-6(11)8(7(2)12)9(13)14-10(3,4)5/h11H,1-5H3/b8-6+. The van der Waals surface area contributed by atoms with E-state index < -0.39 is 17.4 Å². The summed E-state index contributed by atoms with van der Waals surface area (Å²) in [6.45, 7) is 7.56. The Balaban J connectivity index is 4.84. The van der Waals surface area contributed by atoms with Crippen LogP contribution in [-0.2, 0) is 14.3 Å². The molecule has 0 aliphatic heterocycles. The van der Waals surface area contributed by atoms with Crippen molar-refractivity contribution in [3.63, 3.8) is 0 Å². The molecule has 0 heterocycles. The zero-order valence-electron chi connectivity index (χ0n) is 9.17. The molecule has 0 bridgehead atoms. The molecule has 14 heavy (non-hydrogen) atoms. The van der Waals surface area contributed by atoms with Gasteiger partial charge in [0.15, 0.2) is 5.78 Å². The summed E-state index contributed by atoms with van der Waals surface area (Å²) in [5.41, 5.74) is -0.965. The summed E-state index contributed by atoms with van der Waals surface area (Å²) < 4.78 is 4.94. The molecule has 80 valence electrons. The van der Waals surface area contributed by atoms with E-state index in [9.17, 15) is 9.59 Å².